The van der Waals surface area contributed by atoms with Gasteiger partial charge in [0.2, 0.25) is 0 Å². The highest BCUT2D eigenvalue weighted by Crippen LogP contribution is 2.29. The molecule has 0 aliphatic carbocycles. The molecule has 0 radical (unpaired) electrons. The van der Waals surface area contributed by atoms with Crippen molar-refractivity contribution in [2.75, 3.05) is 6.54 Å². The normalized spacial score (nSPS) is 20.0. The summed E-state index contributed by atoms with van der Waals surface area (Å²) in [6, 6.07) is 5.63. The molecule has 21 heavy (non-hydrogen) atoms. The minimum Gasteiger partial charge on any atom is -0.508 e. The molecule has 112 valence electrons. The molecule has 1 aliphatic heterocycles. The molecule has 1 fully saturated rings. The molecule has 0 spiro atoms. The SMILES string of the molecule is Cc1c(O)ccc2c(CN3CCCC[C@H]3C)cc(=O)oc12. The lowest BCUT2D eigenvalue weighted by Crippen LogP contribution is -2.36. The number of rotatable bonds is 2. The van der Waals surface area contributed by atoms with Gasteiger partial charge in [-0.2, -0.15) is 0 Å². The molecule has 1 aromatic heterocycles. The van der Waals surface area contributed by atoms with Crippen molar-refractivity contribution in [2.45, 2.75) is 45.7 Å². The van der Waals surface area contributed by atoms with Crippen LogP contribution in [0.1, 0.15) is 37.3 Å². The molecule has 1 aliphatic rings. The Balaban J connectivity index is 2.05. The van der Waals surface area contributed by atoms with Crippen LogP contribution in [-0.4, -0.2) is 22.6 Å². The number of aromatic hydroxyl groups is 1. The summed E-state index contributed by atoms with van der Waals surface area (Å²) in [4.78, 5) is 14.2. The number of nitrogens with zero attached hydrogens (tertiary/aromatic N) is 1. The van der Waals surface area contributed by atoms with E-state index in [0.29, 0.717) is 17.2 Å². The zero-order valence-electron chi connectivity index (χ0n) is 12.6. The Bertz CT molecular complexity index is 720. The average Bonchev–Trinajstić information content (AvgIpc) is 2.46. The molecule has 4 nitrogen and oxygen atoms in total. The maximum atomic E-state index is 11.8. The summed E-state index contributed by atoms with van der Waals surface area (Å²) in [5, 5.41) is 10.7. The Hall–Kier alpha value is -1.81. The fourth-order valence-electron chi connectivity index (χ4n) is 3.16. The van der Waals surface area contributed by atoms with E-state index in [2.05, 4.69) is 11.8 Å². The second-order valence-corrected chi connectivity index (χ2v) is 5.99. The summed E-state index contributed by atoms with van der Waals surface area (Å²) in [5.41, 5.74) is 1.76. The van der Waals surface area contributed by atoms with E-state index < -0.39 is 0 Å². The third-order valence-corrected chi connectivity index (χ3v) is 4.53. The van der Waals surface area contributed by atoms with Crippen LogP contribution in [0.3, 0.4) is 0 Å². The van der Waals surface area contributed by atoms with Crippen molar-refractivity contribution in [3.05, 3.63) is 39.7 Å². The van der Waals surface area contributed by atoms with Crippen LogP contribution >= 0.6 is 0 Å². The Morgan fingerprint density at radius 3 is 2.95 bits per heavy atom. The predicted molar refractivity (Wildman–Crippen MR) is 82.6 cm³/mol. The zero-order valence-corrected chi connectivity index (χ0v) is 12.6. The van der Waals surface area contributed by atoms with Crippen LogP contribution in [0.4, 0.5) is 0 Å². The summed E-state index contributed by atoms with van der Waals surface area (Å²) < 4.78 is 5.30. The number of hydrogen-bond acceptors (Lipinski definition) is 4. The molecule has 1 atom stereocenters. The van der Waals surface area contributed by atoms with Crippen LogP contribution in [0, 0.1) is 6.92 Å². The highest BCUT2D eigenvalue weighted by atomic mass is 16.4. The second-order valence-electron chi connectivity index (χ2n) is 5.99. The minimum absolute atomic E-state index is 0.161. The summed E-state index contributed by atoms with van der Waals surface area (Å²) in [5.74, 6) is 0.161. The Morgan fingerprint density at radius 1 is 1.38 bits per heavy atom. The largest absolute Gasteiger partial charge is 0.508 e. The van der Waals surface area contributed by atoms with Crippen molar-refractivity contribution in [1.82, 2.24) is 4.90 Å². The quantitative estimate of drug-likeness (QED) is 0.862. The monoisotopic (exact) mass is 287 g/mol. The van der Waals surface area contributed by atoms with Crippen LogP contribution in [0.5, 0.6) is 5.75 Å². The van der Waals surface area contributed by atoms with Gasteiger partial charge >= 0.3 is 5.63 Å². The van der Waals surface area contributed by atoms with Gasteiger partial charge in [-0.05, 0) is 50.9 Å². The molecule has 1 N–H and O–H groups in total. The van der Waals surface area contributed by atoms with Gasteiger partial charge in [0.25, 0.3) is 0 Å². The number of piperidine rings is 1. The number of phenols is 1. The minimum atomic E-state index is -0.351. The van der Waals surface area contributed by atoms with E-state index in [-0.39, 0.29) is 11.4 Å². The molecular weight excluding hydrogens is 266 g/mol. The highest BCUT2D eigenvalue weighted by molar-refractivity contribution is 5.84. The molecule has 0 amide bonds. The van der Waals surface area contributed by atoms with Crippen molar-refractivity contribution in [3.8, 4) is 5.75 Å². The van der Waals surface area contributed by atoms with Crippen molar-refractivity contribution in [3.63, 3.8) is 0 Å². The van der Waals surface area contributed by atoms with Gasteiger partial charge in [0.05, 0.1) is 0 Å². The topological polar surface area (TPSA) is 53.7 Å². The van der Waals surface area contributed by atoms with E-state index in [1.54, 1.807) is 19.1 Å². The Kier molecular flexibility index (Phi) is 3.72. The molecule has 4 heteroatoms. The Labute approximate surface area is 124 Å². The molecule has 3 rings (SSSR count). The predicted octanol–water partition coefficient (Wildman–Crippen LogP) is 3.18. The summed E-state index contributed by atoms with van der Waals surface area (Å²) in [7, 11) is 0. The molecule has 0 unspecified atom stereocenters. The van der Waals surface area contributed by atoms with Crippen molar-refractivity contribution in [1.29, 1.82) is 0 Å². The first-order valence-electron chi connectivity index (χ1n) is 7.55. The molecule has 0 saturated carbocycles. The lowest BCUT2D eigenvalue weighted by atomic mass is 10.0. The van der Waals surface area contributed by atoms with Gasteiger partial charge in [0.15, 0.2) is 0 Å². The lowest BCUT2D eigenvalue weighted by molar-refractivity contribution is 0.153. The van der Waals surface area contributed by atoms with Crippen LogP contribution in [0.25, 0.3) is 11.0 Å². The van der Waals surface area contributed by atoms with Gasteiger partial charge in [-0.1, -0.05) is 6.42 Å². The van der Waals surface area contributed by atoms with Gasteiger partial charge in [-0.15, -0.1) is 0 Å². The fourth-order valence-corrected chi connectivity index (χ4v) is 3.16. The van der Waals surface area contributed by atoms with Crippen molar-refractivity contribution >= 4 is 11.0 Å². The third kappa shape index (κ3) is 2.68. The van der Waals surface area contributed by atoms with Gasteiger partial charge in [-0.3, -0.25) is 4.90 Å². The van der Waals surface area contributed by atoms with E-state index in [1.165, 1.54) is 19.3 Å². The second kappa shape index (κ2) is 5.53. The van der Waals surface area contributed by atoms with Crippen molar-refractivity contribution < 1.29 is 9.52 Å². The summed E-state index contributed by atoms with van der Waals surface area (Å²) >= 11 is 0. The van der Waals surface area contributed by atoms with Crippen LogP contribution in [0.2, 0.25) is 0 Å². The van der Waals surface area contributed by atoms with Crippen LogP contribution in [0.15, 0.2) is 27.4 Å². The standard InChI is InChI=1S/C17H21NO3/c1-11-5-3-4-8-18(11)10-13-9-16(20)21-17-12(2)15(19)7-6-14(13)17/h6-7,9,11,19H,3-5,8,10H2,1-2H3/t11-/m1/s1. The average molecular weight is 287 g/mol. The van der Waals surface area contributed by atoms with E-state index in [4.69, 9.17) is 4.42 Å². The molecule has 0 bridgehead atoms. The molecule has 2 heterocycles. The van der Waals surface area contributed by atoms with E-state index in [0.717, 1.165) is 24.0 Å². The Morgan fingerprint density at radius 2 is 2.19 bits per heavy atom. The fraction of sp³-hybridized carbons (Fsp3) is 0.471. The summed E-state index contributed by atoms with van der Waals surface area (Å²) in [6.07, 6.45) is 3.70. The number of aryl methyl sites for hydroxylation is 1. The summed E-state index contributed by atoms with van der Waals surface area (Å²) in [6.45, 7) is 5.84. The van der Waals surface area contributed by atoms with Gasteiger partial charge in [0.1, 0.15) is 11.3 Å². The molecule has 1 saturated heterocycles. The number of hydrogen-bond donors (Lipinski definition) is 1. The number of phenolic OH excluding ortho intramolecular Hbond substituents is 1. The first-order valence-corrected chi connectivity index (χ1v) is 7.55. The molecule has 2 aromatic rings. The first kappa shape index (κ1) is 14.1. The van der Waals surface area contributed by atoms with Gasteiger partial charge < -0.3 is 9.52 Å². The van der Waals surface area contributed by atoms with Crippen molar-refractivity contribution in [2.24, 2.45) is 0 Å². The molecular formula is C17H21NO3. The maximum absolute atomic E-state index is 11.8. The van der Waals surface area contributed by atoms with E-state index in [9.17, 15) is 9.90 Å². The van der Waals surface area contributed by atoms with Gasteiger partial charge in [0, 0.05) is 29.6 Å². The zero-order chi connectivity index (χ0) is 15.0. The smallest absolute Gasteiger partial charge is 0.336 e. The first-order chi connectivity index (χ1) is 10.1. The third-order valence-electron chi connectivity index (χ3n) is 4.53. The molecule has 1 aromatic carbocycles. The van der Waals surface area contributed by atoms with Crippen LogP contribution < -0.4 is 5.63 Å². The maximum Gasteiger partial charge on any atom is 0.336 e. The van der Waals surface area contributed by atoms with Gasteiger partial charge in [-0.25, -0.2) is 4.79 Å². The van der Waals surface area contributed by atoms with Crippen LogP contribution in [-0.2, 0) is 6.54 Å². The van der Waals surface area contributed by atoms with E-state index in [1.807, 2.05) is 6.07 Å². The number of likely N-dealkylation sites (tertiary alicyclic amines) is 1. The highest BCUT2D eigenvalue weighted by Gasteiger charge is 2.20. The van der Waals surface area contributed by atoms with E-state index >= 15 is 0 Å². The lowest BCUT2D eigenvalue weighted by Gasteiger charge is -2.33. The number of fused-ring (bicyclic) bond motifs is 1. The number of benzene rings is 1.